The lowest BCUT2D eigenvalue weighted by Crippen LogP contribution is -2.26. The second-order valence-electron chi connectivity index (χ2n) is 3.54. The molecule has 0 aliphatic rings. The van der Waals surface area contributed by atoms with Crippen LogP contribution in [0.25, 0.3) is 0 Å². The van der Waals surface area contributed by atoms with Crippen LogP contribution < -0.4 is 5.32 Å². The lowest BCUT2D eigenvalue weighted by molar-refractivity contribution is 0.0690. The second-order valence-corrected chi connectivity index (χ2v) is 3.54. The smallest absolute Gasteiger partial charge is 0.356 e. The van der Waals surface area contributed by atoms with Gasteiger partial charge in [-0.05, 0) is 12.1 Å². The van der Waals surface area contributed by atoms with E-state index in [1.54, 1.807) is 16.7 Å². The van der Waals surface area contributed by atoms with Crippen LogP contribution in [0.15, 0.2) is 35.3 Å². The molecule has 2 aromatic rings. The molecule has 7 heteroatoms. The Morgan fingerprint density at radius 1 is 1.50 bits per heavy atom. The van der Waals surface area contributed by atoms with Gasteiger partial charge in [-0.3, -0.25) is 4.79 Å². The summed E-state index contributed by atoms with van der Waals surface area (Å²) < 4.78 is 6.51. The van der Waals surface area contributed by atoms with Gasteiger partial charge in [-0.15, -0.1) is 0 Å². The molecular formula is C11H11N3O4. The molecule has 0 aliphatic carbocycles. The summed E-state index contributed by atoms with van der Waals surface area (Å²) in [5, 5.41) is 11.3. The number of rotatable bonds is 5. The van der Waals surface area contributed by atoms with Crippen LogP contribution in [0.4, 0.5) is 0 Å². The molecular weight excluding hydrogens is 238 g/mol. The predicted molar refractivity (Wildman–Crippen MR) is 60.2 cm³/mol. The minimum absolute atomic E-state index is 0.0210. The van der Waals surface area contributed by atoms with Crippen LogP contribution in [0.3, 0.4) is 0 Å². The van der Waals surface area contributed by atoms with Gasteiger partial charge in [0.25, 0.3) is 5.91 Å². The number of hydrogen-bond acceptors (Lipinski definition) is 4. The number of nitrogens with zero attached hydrogens (tertiary/aromatic N) is 2. The number of aromatic carboxylic acids is 1. The van der Waals surface area contributed by atoms with E-state index < -0.39 is 5.97 Å². The standard InChI is InChI=1S/C11H11N3O4/c15-10(9-2-1-5-18-9)12-3-4-14-6-8(11(16)17)13-7-14/h1-2,5-7H,3-4H2,(H,12,15)(H,16,17). The first-order valence-corrected chi connectivity index (χ1v) is 5.23. The molecule has 0 unspecified atom stereocenters. The zero-order valence-electron chi connectivity index (χ0n) is 9.37. The summed E-state index contributed by atoms with van der Waals surface area (Å²) in [4.78, 5) is 25.8. The molecule has 2 N–H and O–H groups in total. The molecule has 0 radical (unpaired) electrons. The van der Waals surface area contributed by atoms with E-state index in [2.05, 4.69) is 10.3 Å². The highest BCUT2D eigenvalue weighted by Gasteiger charge is 2.08. The topological polar surface area (TPSA) is 97.4 Å². The van der Waals surface area contributed by atoms with Crippen LogP contribution in [0.1, 0.15) is 21.0 Å². The maximum Gasteiger partial charge on any atom is 0.356 e. The van der Waals surface area contributed by atoms with Crippen LogP contribution in [0, 0.1) is 0 Å². The van der Waals surface area contributed by atoms with Gasteiger partial charge in [-0.1, -0.05) is 0 Å². The minimum atomic E-state index is -1.08. The Morgan fingerprint density at radius 3 is 2.94 bits per heavy atom. The molecule has 0 spiro atoms. The molecule has 0 aliphatic heterocycles. The van der Waals surface area contributed by atoms with Gasteiger partial charge in [0.1, 0.15) is 0 Å². The quantitative estimate of drug-likeness (QED) is 0.808. The number of carbonyl (C=O) groups excluding carboxylic acids is 1. The monoisotopic (exact) mass is 249 g/mol. The van der Waals surface area contributed by atoms with E-state index in [0.717, 1.165) is 0 Å². The first kappa shape index (κ1) is 11.9. The van der Waals surface area contributed by atoms with Crippen molar-refractivity contribution in [3.05, 3.63) is 42.4 Å². The molecule has 7 nitrogen and oxygen atoms in total. The van der Waals surface area contributed by atoms with Crippen molar-refractivity contribution in [3.63, 3.8) is 0 Å². The Hall–Kier alpha value is -2.57. The van der Waals surface area contributed by atoms with E-state index in [0.29, 0.717) is 13.1 Å². The first-order chi connectivity index (χ1) is 8.66. The van der Waals surface area contributed by atoms with E-state index in [1.807, 2.05) is 0 Å². The highest BCUT2D eigenvalue weighted by molar-refractivity contribution is 5.91. The van der Waals surface area contributed by atoms with Gasteiger partial charge in [-0.25, -0.2) is 9.78 Å². The van der Waals surface area contributed by atoms with Crippen LogP contribution in [0.2, 0.25) is 0 Å². The van der Waals surface area contributed by atoms with Crippen molar-refractivity contribution in [1.82, 2.24) is 14.9 Å². The molecule has 0 bridgehead atoms. The Kier molecular flexibility index (Phi) is 3.42. The Bertz CT molecular complexity index is 544. The predicted octanol–water partition coefficient (Wildman–Crippen LogP) is 0.604. The minimum Gasteiger partial charge on any atom is -0.476 e. The molecule has 0 saturated heterocycles. The van der Waals surface area contributed by atoms with Gasteiger partial charge >= 0.3 is 5.97 Å². The zero-order valence-corrected chi connectivity index (χ0v) is 9.37. The van der Waals surface area contributed by atoms with Crippen molar-refractivity contribution >= 4 is 11.9 Å². The molecule has 0 saturated carbocycles. The van der Waals surface area contributed by atoms with E-state index in [9.17, 15) is 9.59 Å². The number of aromatic nitrogens is 2. The van der Waals surface area contributed by atoms with E-state index >= 15 is 0 Å². The van der Waals surface area contributed by atoms with E-state index in [1.165, 1.54) is 18.8 Å². The SMILES string of the molecule is O=C(O)c1cn(CCNC(=O)c2ccco2)cn1. The summed E-state index contributed by atoms with van der Waals surface area (Å²) in [5.41, 5.74) is -0.0210. The number of amides is 1. The largest absolute Gasteiger partial charge is 0.476 e. The van der Waals surface area contributed by atoms with Gasteiger partial charge in [-0.2, -0.15) is 0 Å². The third-order valence-electron chi connectivity index (χ3n) is 2.25. The fourth-order valence-electron chi connectivity index (χ4n) is 1.39. The highest BCUT2D eigenvalue weighted by Crippen LogP contribution is 1.99. The Labute approximate surface area is 102 Å². The number of nitrogens with one attached hydrogen (secondary N) is 1. The van der Waals surface area contributed by atoms with Crippen LogP contribution in [-0.4, -0.2) is 33.1 Å². The van der Waals surface area contributed by atoms with Gasteiger partial charge in [0.2, 0.25) is 0 Å². The number of furan rings is 1. The van der Waals surface area contributed by atoms with Crippen molar-refractivity contribution in [2.75, 3.05) is 6.54 Å². The molecule has 0 fully saturated rings. The second kappa shape index (κ2) is 5.17. The maximum atomic E-state index is 11.5. The highest BCUT2D eigenvalue weighted by atomic mass is 16.4. The molecule has 2 heterocycles. The lowest BCUT2D eigenvalue weighted by atomic mass is 10.4. The average Bonchev–Trinajstić information content (AvgIpc) is 3.00. The summed E-state index contributed by atoms with van der Waals surface area (Å²) in [6, 6.07) is 3.19. The number of carbonyl (C=O) groups is 2. The third kappa shape index (κ3) is 2.76. The van der Waals surface area contributed by atoms with Gasteiger partial charge in [0, 0.05) is 19.3 Å². The zero-order chi connectivity index (χ0) is 13.0. The Balaban J connectivity index is 1.81. The maximum absolute atomic E-state index is 11.5. The summed E-state index contributed by atoms with van der Waals surface area (Å²) in [5.74, 6) is -1.14. The molecule has 0 aromatic carbocycles. The lowest BCUT2D eigenvalue weighted by Gasteiger charge is -2.03. The van der Waals surface area contributed by atoms with E-state index in [-0.39, 0.29) is 17.4 Å². The number of hydrogen-bond donors (Lipinski definition) is 2. The van der Waals surface area contributed by atoms with Crippen molar-refractivity contribution in [2.45, 2.75) is 6.54 Å². The summed E-state index contributed by atoms with van der Waals surface area (Å²) in [7, 11) is 0. The first-order valence-electron chi connectivity index (χ1n) is 5.23. The third-order valence-corrected chi connectivity index (χ3v) is 2.25. The van der Waals surface area contributed by atoms with Crippen molar-refractivity contribution in [3.8, 4) is 0 Å². The van der Waals surface area contributed by atoms with Gasteiger partial charge in [0.15, 0.2) is 11.5 Å². The number of carboxylic acid groups (broad SMARTS) is 1. The van der Waals surface area contributed by atoms with Crippen molar-refractivity contribution < 1.29 is 19.1 Å². The summed E-state index contributed by atoms with van der Waals surface area (Å²) >= 11 is 0. The van der Waals surface area contributed by atoms with Crippen molar-refractivity contribution in [1.29, 1.82) is 0 Å². The number of carboxylic acids is 1. The van der Waals surface area contributed by atoms with Gasteiger partial charge in [0.05, 0.1) is 12.6 Å². The van der Waals surface area contributed by atoms with Crippen LogP contribution in [-0.2, 0) is 6.54 Å². The normalized spacial score (nSPS) is 10.2. The molecule has 0 atom stereocenters. The molecule has 94 valence electrons. The van der Waals surface area contributed by atoms with Crippen molar-refractivity contribution in [2.24, 2.45) is 0 Å². The molecule has 1 amide bonds. The van der Waals surface area contributed by atoms with Gasteiger partial charge < -0.3 is 19.4 Å². The number of imidazole rings is 1. The molecule has 18 heavy (non-hydrogen) atoms. The van der Waals surface area contributed by atoms with E-state index in [4.69, 9.17) is 9.52 Å². The fourth-order valence-corrected chi connectivity index (χ4v) is 1.39. The molecule has 2 aromatic heterocycles. The van der Waals surface area contributed by atoms with Crippen LogP contribution >= 0.6 is 0 Å². The molecule has 2 rings (SSSR count). The summed E-state index contributed by atoms with van der Waals surface area (Å²) in [6.07, 6.45) is 4.23. The average molecular weight is 249 g/mol. The summed E-state index contributed by atoms with van der Waals surface area (Å²) in [6.45, 7) is 0.793. The fraction of sp³-hybridized carbons (Fsp3) is 0.182. The Morgan fingerprint density at radius 2 is 2.33 bits per heavy atom. The van der Waals surface area contributed by atoms with Crippen LogP contribution in [0.5, 0.6) is 0 Å².